The van der Waals surface area contributed by atoms with Crippen molar-refractivity contribution in [1.29, 1.82) is 0 Å². The maximum Gasteiger partial charge on any atom is 0.330 e. The third kappa shape index (κ3) is 6.42. The molecule has 1 aromatic heterocycles. The number of hydrogen-bond donors (Lipinski definition) is 6. The van der Waals surface area contributed by atoms with Crippen molar-refractivity contribution >= 4 is 21.4 Å². The number of carbonyl (C=O) groups is 1. The maximum atomic E-state index is 12.0. The van der Waals surface area contributed by atoms with Crippen molar-refractivity contribution in [2.24, 2.45) is 0 Å². The van der Waals surface area contributed by atoms with E-state index in [0.717, 1.165) is 12.3 Å². The van der Waals surface area contributed by atoms with Gasteiger partial charge < -0.3 is 49.3 Å². The summed E-state index contributed by atoms with van der Waals surface area (Å²) in [5, 5.41) is 48.4. The van der Waals surface area contributed by atoms with Crippen LogP contribution in [-0.2, 0) is 36.8 Å². The standard InChI is InChI=1S/C15H22N2O17P2/c18-3-5-8(20)10(22)12(24)14(32-5)33-36(28,29)34-35(26,27)30-4-6-9(21)11(23)13(31-6)17-2-1-7(19)16-15(17)25/h1-2,5-6,8-11,13-14,18,20-23H,3-4H2,(H,26,27)(H,28,29)(H,16,19,25)/p-2. The second kappa shape index (κ2) is 11.0. The van der Waals surface area contributed by atoms with Crippen LogP contribution < -0.4 is 21.0 Å². The molecule has 3 heterocycles. The van der Waals surface area contributed by atoms with E-state index < -0.39 is 95.0 Å². The molecule has 10 unspecified atom stereocenters. The molecule has 6 N–H and O–H groups in total. The Balaban J connectivity index is 1.62. The molecule has 1 aromatic rings. The van der Waals surface area contributed by atoms with E-state index >= 15 is 0 Å². The number of aromatic amines is 1. The summed E-state index contributed by atoms with van der Waals surface area (Å²) in [5.74, 6) is -1.52. The minimum Gasteiger partial charge on any atom is -0.756 e. The summed E-state index contributed by atoms with van der Waals surface area (Å²) in [4.78, 5) is 60.7. The van der Waals surface area contributed by atoms with E-state index in [9.17, 15) is 53.7 Å². The molecule has 2 aliphatic heterocycles. The third-order valence-corrected chi connectivity index (χ3v) is 7.51. The molecule has 0 saturated carbocycles. The van der Waals surface area contributed by atoms with Gasteiger partial charge in [-0.1, -0.05) is 0 Å². The molecule has 0 spiro atoms. The van der Waals surface area contributed by atoms with Gasteiger partial charge in [0.15, 0.2) is 6.23 Å². The number of nitrogens with one attached hydrogen (secondary N) is 1. The van der Waals surface area contributed by atoms with E-state index in [1.807, 2.05) is 4.98 Å². The number of phosphoric acid groups is 2. The Kier molecular flexibility index (Phi) is 8.81. The molecule has 21 heteroatoms. The molecule has 0 aromatic carbocycles. The summed E-state index contributed by atoms with van der Waals surface area (Å²) < 4.78 is 46.8. The van der Waals surface area contributed by atoms with E-state index in [0.29, 0.717) is 4.57 Å². The van der Waals surface area contributed by atoms with E-state index in [1.54, 1.807) is 0 Å². The molecule has 0 aliphatic carbocycles. The first-order chi connectivity index (χ1) is 16.7. The van der Waals surface area contributed by atoms with Crippen LogP contribution in [0.15, 0.2) is 21.9 Å². The predicted molar refractivity (Wildman–Crippen MR) is 103 cm³/mol. The molecular formula is C15H20N2O17P2-2. The average Bonchev–Trinajstić information content (AvgIpc) is 3.06. The number of ketones is 1. The maximum absolute atomic E-state index is 12.0. The highest BCUT2D eigenvalue weighted by molar-refractivity contribution is 7.59. The number of ether oxygens (including phenoxy) is 2. The van der Waals surface area contributed by atoms with Gasteiger partial charge in [0.25, 0.3) is 21.2 Å². The van der Waals surface area contributed by atoms with Gasteiger partial charge in [-0.15, -0.1) is 0 Å². The highest BCUT2D eigenvalue weighted by Crippen LogP contribution is 2.56. The predicted octanol–water partition coefficient (Wildman–Crippen LogP) is -5.85. The zero-order valence-corrected chi connectivity index (χ0v) is 19.5. The molecule has 0 radical (unpaired) electrons. The minimum atomic E-state index is -5.97. The summed E-state index contributed by atoms with van der Waals surface area (Å²) >= 11 is 0. The van der Waals surface area contributed by atoms with Gasteiger partial charge >= 0.3 is 5.69 Å². The molecule has 2 aliphatic rings. The summed E-state index contributed by atoms with van der Waals surface area (Å²) in [6.45, 7) is -2.11. The van der Waals surface area contributed by atoms with E-state index in [1.165, 1.54) is 0 Å². The van der Waals surface area contributed by atoms with Crippen LogP contribution in [0, 0.1) is 0 Å². The Morgan fingerprint density at radius 3 is 2.28 bits per heavy atom. The van der Waals surface area contributed by atoms with E-state index in [4.69, 9.17) is 9.84 Å². The number of aromatic nitrogens is 2. The normalized spacial score (nSPS) is 36.4. The molecule has 36 heavy (non-hydrogen) atoms. The number of hydrogen-bond acceptors (Lipinski definition) is 17. The Morgan fingerprint density at radius 1 is 1.00 bits per heavy atom. The lowest BCUT2D eigenvalue weighted by molar-refractivity contribution is -0.268. The number of H-pyrrole nitrogens is 1. The molecule has 0 bridgehead atoms. The number of nitrogens with zero attached hydrogens (tertiary/aromatic N) is 1. The molecule has 3 rings (SSSR count). The Morgan fingerprint density at radius 2 is 1.67 bits per heavy atom. The summed E-state index contributed by atoms with van der Waals surface area (Å²) in [6, 6.07) is 0.905. The van der Waals surface area contributed by atoms with Gasteiger partial charge in [0.1, 0.15) is 36.6 Å². The van der Waals surface area contributed by atoms with Crippen molar-refractivity contribution in [3.8, 4) is 0 Å². The van der Waals surface area contributed by atoms with E-state index in [2.05, 4.69) is 18.1 Å². The molecule has 2 saturated heterocycles. The molecular weight excluding hydrogens is 542 g/mol. The second-order valence-corrected chi connectivity index (χ2v) is 10.4. The Labute approximate surface area is 199 Å². The van der Waals surface area contributed by atoms with Gasteiger partial charge in [-0.3, -0.25) is 32.8 Å². The number of aliphatic hydroxyl groups is 5. The van der Waals surface area contributed by atoms with Crippen LogP contribution >= 0.6 is 15.6 Å². The SMILES string of the molecule is O=C1C(OP(=O)([O-])OP(=O)([O-])OCC2OC(n3ccc(=O)[nH]c3=O)C(O)C2O)OC(CO)C(O)C1O. The van der Waals surface area contributed by atoms with Crippen molar-refractivity contribution in [3.05, 3.63) is 33.1 Å². The van der Waals surface area contributed by atoms with Crippen LogP contribution in [0.5, 0.6) is 0 Å². The van der Waals surface area contributed by atoms with Crippen molar-refractivity contribution in [1.82, 2.24) is 9.55 Å². The van der Waals surface area contributed by atoms with Gasteiger partial charge in [-0.25, -0.2) is 9.11 Å². The second-order valence-electron chi connectivity index (χ2n) is 7.47. The number of rotatable bonds is 9. The topological polar surface area (TPSA) is 299 Å². The van der Waals surface area contributed by atoms with Crippen molar-refractivity contribution in [2.45, 2.75) is 49.1 Å². The Bertz CT molecular complexity index is 1170. The summed E-state index contributed by atoms with van der Waals surface area (Å²) in [6.07, 6.45) is -14.2. The van der Waals surface area contributed by atoms with Crippen LogP contribution in [0.1, 0.15) is 6.23 Å². The van der Waals surface area contributed by atoms with Crippen molar-refractivity contribution in [3.63, 3.8) is 0 Å². The van der Waals surface area contributed by atoms with Gasteiger partial charge in [0.05, 0.1) is 13.2 Å². The fraction of sp³-hybridized carbons (Fsp3) is 0.667. The molecule has 2 fully saturated rings. The molecule has 10 atom stereocenters. The van der Waals surface area contributed by atoms with Gasteiger partial charge in [0, 0.05) is 12.3 Å². The molecule has 19 nitrogen and oxygen atoms in total. The van der Waals surface area contributed by atoms with Crippen LogP contribution in [0.2, 0.25) is 0 Å². The third-order valence-electron chi connectivity index (χ3n) is 4.99. The van der Waals surface area contributed by atoms with Crippen LogP contribution in [0.25, 0.3) is 0 Å². The highest BCUT2D eigenvalue weighted by Gasteiger charge is 2.46. The number of carbonyl (C=O) groups excluding carboxylic acids is 1. The largest absolute Gasteiger partial charge is 0.756 e. The summed E-state index contributed by atoms with van der Waals surface area (Å²) in [7, 11) is -11.8. The minimum absolute atomic E-state index is 0.689. The monoisotopic (exact) mass is 562 g/mol. The Hall–Kier alpha value is -1.67. The first kappa shape index (κ1) is 28.9. The fourth-order valence-electron chi connectivity index (χ4n) is 3.22. The zero-order valence-electron chi connectivity index (χ0n) is 17.7. The quantitative estimate of drug-likeness (QED) is 0.153. The van der Waals surface area contributed by atoms with Crippen molar-refractivity contribution in [2.75, 3.05) is 13.2 Å². The fourth-order valence-corrected chi connectivity index (χ4v) is 5.26. The first-order valence-electron chi connectivity index (χ1n) is 9.81. The lowest BCUT2D eigenvalue weighted by Gasteiger charge is -2.38. The molecule has 204 valence electrons. The summed E-state index contributed by atoms with van der Waals surface area (Å²) in [5.41, 5.74) is -1.79. The van der Waals surface area contributed by atoms with Gasteiger partial charge in [-0.05, 0) is 0 Å². The first-order valence-corrected chi connectivity index (χ1v) is 12.7. The zero-order chi connectivity index (χ0) is 27.0. The van der Waals surface area contributed by atoms with Crippen molar-refractivity contribution < 1.29 is 72.1 Å². The highest BCUT2D eigenvalue weighted by atomic mass is 31.3. The van der Waals surface area contributed by atoms with E-state index in [-0.39, 0.29) is 0 Å². The number of aliphatic hydroxyl groups excluding tert-OH is 5. The average molecular weight is 562 g/mol. The smallest absolute Gasteiger partial charge is 0.330 e. The molecule has 0 amide bonds. The van der Waals surface area contributed by atoms with Crippen LogP contribution in [0.4, 0.5) is 0 Å². The van der Waals surface area contributed by atoms with Crippen LogP contribution in [0.3, 0.4) is 0 Å². The number of Topliss-reactive ketones (excluding diaryl/α,β-unsaturated/α-hetero) is 1. The van der Waals surface area contributed by atoms with Gasteiger partial charge in [-0.2, -0.15) is 0 Å². The lowest BCUT2D eigenvalue weighted by atomic mass is 10.0. The number of phosphoric ester groups is 2. The van der Waals surface area contributed by atoms with Crippen LogP contribution in [-0.4, -0.2) is 97.0 Å². The van der Waals surface area contributed by atoms with Gasteiger partial charge in [0.2, 0.25) is 12.1 Å². The lowest BCUT2D eigenvalue weighted by Crippen LogP contribution is -2.56.